The molecule has 2 N–H and O–H groups in total. The summed E-state index contributed by atoms with van der Waals surface area (Å²) in [5.74, 6) is -0.741. The fourth-order valence-corrected chi connectivity index (χ4v) is 3.91. The highest BCUT2D eigenvalue weighted by atomic mass is 32.2. The zero-order chi connectivity index (χ0) is 24.0. The molecule has 172 valence electrons. The number of aromatic nitrogens is 4. The zero-order valence-corrected chi connectivity index (χ0v) is 16.9. The molecular formula is C20H12F6N4O2S. The van der Waals surface area contributed by atoms with E-state index >= 15 is 0 Å². The van der Waals surface area contributed by atoms with Crippen LogP contribution < -0.4 is 0 Å². The fourth-order valence-electron chi connectivity index (χ4n) is 2.91. The molecule has 0 bridgehead atoms. The number of alkyl halides is 6. The Hall–Kier alpha value is -3.61. The van der Waals surface area contributed by atoms with E-state index in [2.05, 4.69) is 10.2 Å². The van der Waals surface area contributed by atoms with E-state index < -0.39 is 33.5 Å². The third kappa shape index (κ3) is 4.49. The van der Waals surface area contributed by atoms with Gasteiger partial charge in [0.15, 0.2) is 0 Å². The molecule has 0 fully saturated rings. The van der Waals surface area contributed by atoms with Gasteiger partial charge in [0.1, 0.15) is 44.1 Å². The predicted molar refractivity (Wildman–Crippen MR) is 105 cm³/mol. The first-order valence-electron chi connectivity index (χ1n) is 9.03. The molecule has 2 heterocycles. The Labute approximate surface area is 185 Å². The highest BCUT2D eigenvalue weighted by Gasteiger charge is 2.40. The molecule has 0 aliphatic heterocycles. The van der Waals surface area contributed by atoms with E-state index in [-0.39, 0.29) is 34.6 Å². The van der Waals surface area contributed by atoms with Gasteiger partial charge in [-0.05, 0) is 36.0 Å². The van der Waals surface area contributed by atoms with Gasteiger partial charge in [0, 0.05) is 12.4 Å². The van der Waals surface area contributed by atoms with E-state index in [1.165, 1.54) is 48.5 Å². The van der Waals surface area contributed by atoms with Gasteiger partial charge in [-0.15, -0.1) is 0 Å². The largest absolute Gasteiger partial charge is 0.506 e. The molecule has 4 aromatic rings. The normalized spacial score (nSPS) is 12.3. The van der Waals surface area contributed by atoms with E-state index in [0.717, 1.165) is 9.36 Å². The SMILES string of the molecule is Oc1ccccc1-n1cc(C(F)(F)F)c(Sc2nn(-c3ccccc3O)cc2C(F)(F)F)n1. The topological polar surface area (TPSA) is 76.1 Å². The summed E-state index contributed by atoms with van der Waals surface area (Å²) >= 11 is 0.0701. The second kappa shape index (κ2) is 8.06. The summed E-state index contributed by atoms with van der Waals surface area (Å²) in [6, 6.07) is 10.8. The van der Waals surface area contributed by atoms with E-state index in [0.29, 0.717) is 12.4 Å². The molecule has 0 saturated heterocycles. The van der Waals surface area contributed by atoms with Crippen LogP contribution in [0.15, 0.2) is 71.0 Å². The molecule has 0 unspecified atom stereocenters. The molecule has 0 aliphatic carbocycles. The number of benzene rings is 2. The first-order chi connectivity index (χ1) is 15.4. The Kier molecular flexibility index (Phi) is 5.52. The van der Waals surface area contributed by atoms with Gasteiger partial charge in [0.2, 0.25) is 0 Å². The third-order valence-corrected chi connectivity index (χ3v) is 5.41. The predicted octanol–water partition coefficient (Wildman–Crippen LogP) is 5.66. The maximum atomic E-state index is 13.6. The standard InChI is InChI=1S/C20H12F6N4O2S/c21-19(22,23)11-9-29(13-5-1-3-7-15(13)31)27-17(11)33-18-12(20(24,25)26)10-30(28-18)14-6-2-4-8-16(14)32/h1-10,31-32H. The van der Waals surface area contributed by atoms with Crippen LogP contribution in [0.3, 0.4) is 0 Å². The van der Waals surface area contributed by atoms with Crippen molar-refractivity contribution in [3.63, 3.8) is 0 Å². The molecule has 2 aromatic heterocycles. The van der Waals surface area contributed by atoms with Crippen LogP contribution in [0.2, 0.25) is 0 Å². The van der Waals surface area contributed by atoms with Crippen molar-refractivity contribution in [3.8, 4) is 22.9 Å². The first kappa shape index (κ1) is 22.6. The van der Waals surface area contributed by atoms with Crippen molar-refractivity contribution in [3.05, 3.63) is 72.1 Å². The number of aromatic hydroxyl groups is 2. The van der Waals surface area contributed by atoms with Crippen LogP contribution in [0.1, 0.15) is 11.1 Å². The molecule has 2 aromatic carbocycles. The molecule has 0 spiro atoms. The van der Waals surface area contributed by atoms with Crippen LogP contribution in [0.4, 0.5) is 26.3 Å². The van der Waals surface area contributed by atoms with Crippen LogP contribution in [0, 0.1) is 0 Å². The number of rotatable bonds is 4. The Morgan fingerprint density at radius 3 is 1.33 bits per heavy atom. The van der Waals surface area contributed by atoms with Crippen molar-refractivity contribution in [2.75, 3.05) is 0 Å². The highest BCUT2D eigenvalue weighted by Crippen LogP contribution is 2.44. The Bertz CT molecular complexity index is 1210. The van der Waals surface area contributed by atoms with Crippen LogP contribution in [0.5, 0.6) is 11.5 Å². The summed E-state index contributed by atoms with van der Waals surface area (Å²) in [5, 5.41) is 25.8. The van der Waals surface area contributed by atoms with Gasteiger partial charge >= 0.3 is 12.4 Å². The molecule has 6 nitrogen and oxygen atoms in total. The average Bonchev–Trinajstić information content (AvgIpc) is 3.33. The van der Waals surface area contributed by atoms with E-state index in [4.69, 9.17) is 0 Å². The molecule has 0 amide bonds. The van der Waals surface area contributed by atoms with Gasteiger partial charge < -0.3 is 10.2 Å². The minimum absolute atomic E-state index is 0.0701. The van der Waals surface area contributed by atoms with Crippen molar-refractivity contribution in [2.24, 2.45) is 0 Å². The second-order valence-electron chi connectivity index (χ2n) is 6.66. The minimum Gasteiger partial charge on any atom is -0.506 e. The molecule has 13 heteroatoms. The zero-order valence-electron chi connectivity index (χ0n) is 16.1. The lowest BCUT2D eigenvalue weighted by Crippen LogP contribution is -2.06. The van der Waals surface area contributed by atoms with E-state index in [1.54, 1.807) is 0 Å². The number of hydrogen-bond donors (Lipinski definition) is 2. The highest BCUT2D eigenvalue weighted by molar-refractivity contribution is 7.99. The molecular weight excluding hydrogens is 474 g/mol. The van der Waals surface area contributed by atoms with Crippen LogP contribution in [0.25, 0.3) is 11.4 Å². The lowest BCUT2D eigenvalue weighted by atomic mass is 10.3. The van der Waals surface area contributed by atoms with Gasteiger partial charge in [-0.25, -0.2) is 9.36 Å². The Morgan fingerprint density at radius 2 is 1.00 bits per heavy atom. The van der Waals surface area contributed by atoms with Gasteiger partial charge in [-0.2, -0.15) is 36.5 Å². The first-order valence-corrected chi connectivity index (χ1v) is 9.85. The number of para-hydroxylation sites is 4. The van der Waals surface area contributed by atoms with Crippen LogP contribution in [-0.2, 0) is 12.4 Å². The smallest absolute Gasteiger partial charge is 0.420 e. The lowest BCUT2D eigenvalue weighted by molar-refractivity contribution is -0.140. The maximum absolute atomic E-state index is 13.6. The maximum Gasteiger partial charge on any atom is 0.420 e. The van der Waals surface area contributed by atoms with Crippen molar-refractivity contribution < 1.29 is 36.6 Å². The summed E-state index contributed by atoms with van der Waals surface area (Å²) in [6.07, 6.45) is -8.73. The van der Waals surface area contributed by atoms with Gasteiger partial charge in [-0.3, -0.25) is 0 Å². The van der Waals surface area contributed by atoms with Crippen molar-refractivity contribution in [1.82, 2.24) is 19.6 Å². The third-order valence-electron chi connectivity index (χ3n) is 4.42. The van der Waals surface area contributed by atoms with Crippen molar-refractivity contribution in [1.29, 1.82) is 0 Å². The number of halogens is 6. The summed E-state index contributed by atoms with van der Waals surface area (Å²) in [4.78, 5) is 0. The molecule has 0 atom stereocenters. The monoisotopic (exact) mass is 486 g/mol. The van der Waals surface area contributed by atoms with Gasteiger partial charge in [0.25, 0.3) is 0 Å². The molecule has 0 saturated carbocycles. The number of hydrogen-bond acceptors (Lipinski definition) is 5. The minimum atomic E-state index is -4.94. The van der Waals surface area contributed by atoms with E-state index in [9.17, 15) is 36.6 Å². The van der Waals surface area contributed by atoms with Crippen molar-refractivity contribution in [2.45, 2.75) is 22.4 Å². The Balaban J connectivity index is 1.83. The second-order valence-corrected chi connectivity index (χ2v) is 7.64. The number of phenols is 2. The van der Waals surface area contributed by atoms with Crippen LogP contribution in [-0.4, -0.2) is 29.8 Å². The number of nitrogens with zero attached hydrogens (tertiary/aromatic N) is 4. The fraction of sp³-hybridized carbons (Fsp3) is 0.100. The lowest BCUT2D eigenvalue weighted by Gasteiger charge is -2.07. The van der Waals surface area contributed by atoms with Crippen molar-refractivity contribution >= 4 is 11.8 Å². The Morgan fingerprint density at radius 1 is 0.636 bits per heavy atom. The summed E-state index contributed by atoms with van der Waals surface area (Å²) in [7, 11) is 0. The summed E-state index contributed by atoms with van der Waals surface area (Å²) in [5.41, 5.74) is -2.79. The molecule has 33 heavy (non-hydrogen) atoms. The summed E-state index contributed by atoms with van der Waals surface area (Å²) in [6.45, 7) is 0. The number of phenolic OH excluding ortho intramolecular Hbond substituents is 2. The van der Waals surface area contributed by atoms with E-state index in [1.807, 2.05) is 0 Å². The van der Waals surface area contributed by atoms with Gasteiger partial charge in [0.05, 0.1) is 0 Å². The molecule has 4 rings (SSSR count). The summed E-state index contributed by atoms with van der Waals surface area (Å²) < 4.78 is 83.2. The molecule has 0 radical (unpaired) electrons. The van der Waals surface area contributed by atoms with Crippen LogP contribution >= 0.6 is 11.8 Å². The quantitative estimate of drug-likeness (QED) is 0.364. The average molecular weight is 486 g/mol. The molecule has 0 aliphatic rings. The van der Waals surface area contributed by atoms with Gasteiger partial charge in [-0.1, -0.05) is 24.3 Å².